The van der Waals surface area contributed by atoms with Crippen molar-refractivity contribution >= 4 is 17.3 Å². The van der Waals surface area contributed by atoms with Gasteiger partial charge in [-0.15, -0.1) is 0 Å². The van der Waals surface area contributed by atoms with Crippen LogP contribution in [-0.4, -0.2) is 25.7 Å². The van der Waals surface area contributed by atoms with Gasteiger partial charge in [-0.1, -0.05) is 11.6 Å². The molecular weight excluding hydrogens is 220 g/mol. The molecular formula is C13H19ClN2. The maximum atomic E-state index is 6.19. The highest BCUT2D eigenvalue weighted by atomic mass is 35.5. The van der Waals surface area contributed by atoms with Gasteiger partial charge in [0, 0.05) is 36.4 Å². The molecule has 1 N–H and O–H groups in total. The van der Waals surface area contributed by atoms with Crippen molar-refractivity contribution in [2.24, 2.45) is 0 Å². The number of halogens is 1. The van der Waals surface area contributed by atoms with E-state index in [1.54, 1.807) is 0 Å². The summed E-state index contributed by atoms with van der Waals surface area (Å²) in [5, 5.41) is 4.30. The van der Waals surface area contributed by atoms with E-state index in [4.69, 9.17) is 11.6 Å². The molecule has 88 valence electrons. The topological polar surface area (TPSA) is 15.3 Å². The molecule has 2 nitrogen and oxygen atoms in total. The van der Waals surface area contributed by atoms with Gasteiger partial charge in [0.05, 0.1) is 0 Å². The Morgan fingerprint density at radius 2 is 1.94 bits per heavy atom. The number of piperazine rings is 1. The van der Waals surface area contributed by atoms with E-state index in [2.05, 4.69) is 43.1 Å². The van der Waals surface area contributed by atoms with Crippen molar-refractivity contribution < 1.29 is 0 Å². The highest BCUT2D eigenvalue weighted by Gasteiger charge is 2.19. The number of hydrogen-bond acceptors (Lipinski definition) is 2. The van der Waals surface area contributed by atoms with Gasteiger partial charge in [-0.05, 0) is 44.0 Å². The number of nitrogens with zero attached hydrogens (tertiary/aromatic N) is 1. The zero-order chi connectivity index (χ0) is 11.7. The van der Waals surface area contributed by atoms with Gasteiger partial charge in [-0.25, -0.2) is 0 Å². The lowest BCUT2D eigenvalue weighted by Gasteiger charge is -2.36. The van der Waals surface area contributed by atoms with E-state index in [-0.39, 0.29) is 0 Å². The van der Waals surface area contributed by atoms with Gasteiger partial charge in [-0.3, -0.25) is 0 Å². The quantitative estimate of drug-likeness (QED) is 0.810. The Morgan fingerprint density at radius 1 is 1.31 bits per heavy atom. The van der Waals surface area contributed by atoms with Crippen LogP contribution in [0.1, 0.15) is 18.1 Å². The summed E-state index contributed by atoms with van der Waals surface area (Å²) in [5.41, 5.74) is 3.64. The normalized spacial score (nSPS) is 21.2. The maximum absolute atomic E-state index is 6.19. The molecule has 0 aromatic heterocycles. The van der Waals surface area contributed by atoms with Crippen molar-refractivity contribution in [3.8, 4) is 0 Å². The van der Waals surface area contributed by atoms with E-state index in [1.165, 1.54) is 16.8 Å². The molecule has 1 aliphatic heterocycles. The fraction of sp³-hybridized carbons (Fsp3) is 0.538. The molecule has 1 atom stereocenters. The summed E-state index contributed by atoms with van der Waals surface area (Å²) >= 11 is 6.19. The highest BCUT2D eigenvalue weighted by Crippen LogP contribution is 2.28. The number of nitrogens with one attached hydrogen (secondary N) is 1. The largest absolute Gasteiger partial charge is 0.366 e. The predicted molar refractivity (Wildman–Crippen MR) is 70.6 cm³/mol. The minimum absolute atomic E-state index is 0.550. The van der Waals surface area contributed by atoms with Crippen LogP contribution >= 0.6 is 11.6 Å². The fourth-order valence-electron chi connectivity index (χ4n) is 2.31. The fourth-order valence-corrected chi connectivity index (χ4v) is 2.42. The Kier molecular flexibility index (Phi) is 3.41. The number of anilines is 1. The molecule has 0 spiro atoms. The van der Waals surface area contributed by atoms with Gasteiger partial charge in [0.2, 0.25) is 0 Å². The van der Waals surface area contributed by atoms with Crippen LogP contribution in [0.4, 0.5) is 5.69 Å². The van der Waals surface area contributed by atoms with Gasteiger partial charge in [0.1, 0.15) is 0 Å². The molecule has 0 saturated carbocycles. The number of benzene rings is 1. The zero-order valence-electron chi connectivity index (χ0n) is 10.2. The maximum Gasteiger partial charge on any atom is 0.0465 e. The first-order chi connectivity index (χ1) is 7.59. The van der Waals surface area contributed by atoms with Crippen LogP contribution in [-0.2, 0) is 0 Å². The molecule has 0 unspecified atom stereocenters. The molecule has 16 heavy (non-hydrogen) atoms. The van der Waals surface area contributed by atoms with Crippen LogP contribution in [0.2, 0.25) is 5.02 Å². The molecule has 0 bridgehead atoms. The third kappa shape index (κ3) is 2.18. The summed E-state index contributed by atoms with van der Waals surface area (Å²) < 4.78 is 0. The zero-order valence-corrected chi connectivity index (χ0v) is 10.9. The first kappa shape index (κ1) is 11.7. The van der Waals surface area contributed by atoms with Crippen molar-refractivity contribution in [1.29, 1.82) is 0 Å². The summed E-state index contributed by atoms with van der Waals surface area (Å²) in [7, 11) is 0. The van der Waals surface area contributed by atoms with Crippen LogP contribution in [0.25, 0.3) is 0 Å². The SMILES string of the molecule is Cc1cc(N2CCNC[C@@H]2C)cc(C)c1Cl. The Bertz CT molecular complexity index is 367. The average molecular weight is 239 g/mol. The van der Waals surface area contributed by atoms with Crippen LogP contribution in [0, 0.1) is 13.8 Å². The number of hydrogen-bond donors (Lipinski definition) is 1. The van der Waals surface area contributed by atoms with Crippen LogP contribution in [0.5, 0.6) is 0 Å². The minimum Gasteiger partial charge on any atom is -0.366 e. The van der Waals surface area contributed by atoms with Gasteiger partial charge < -0.3 is 10.2 Å². The number of aryl methyl sites for hydroxylation is 2. The second kappa shape index (κ2) is 4.64. The van der Waals surface area contributed by atoms with Crippen molar-refractivity contribution in [1.82, 2.24) is 5.32 Å². The standard InChI is InChI=1S/C13H19ClN2/c1-9-6-12(7-10(2)13(9)14)16-5-4-15-8-11(16)3/h6-7,11,15H,4-5,8H2,1-3H3/t11-/m0/s1. The Balaban J connectivity index is 2.32. The minimum atomic E-state index is 0.550. The molecule has 3 heteroatoms. The van der Waals surface area contributed by atoms with Gasteiger partial charge in [0.25, 0.3) is 0 Å². The van der Waals surface area contributed by atoms with Crippen molar-refractivity contribution in [2.75, 3.05) is 24.5 Å². The van der Waals surface area contributed by atoms with Crippen LogP contribution in [0.15, 0.2) is 12.1 Å². The third-order valence-electron chi connectivity index (χ3n) is 3.25. The predicted octanol–water partition coefficient (Wildman–Crippen LogP) is 2.75. The monoisotopic (exact) mass is 238 g/mol. The smallest absolute Gasteiger partial charge is 0.0465 e. The molecule has 1 aromatic carbocycles. The first-order valence-corrected chi connectivity index (χ1v) is 6.21. The van der Waals surface area contributed by atoms with Crippen molar-refractivity contribution in [3.05, 3.63) is 28.3 Å². The van der Waals surface area contributed by atoms with Crippen molar-refractivity contribution in [2.45, 2.75) is 26.8 Å². The van der Waals surface area contributed by atoms with Crippen LogP contribution < -0.4 is 10.2 Å². The Hall–Kier alpha value is -0.730. The summed E-state index contributed by atoms with van der Waals surface area (Å²) in [4.78, 5) is 2.45. The van der Waals surface area contributed by atoms with E-state index in [9.17, 15) is 0 Å². The summed E-state index contributed by atoms with van der Waals surface area (Å²) in [6.07, 6.45) is 0. The summed E-state index contributed by atoms with van der Waals surface area (Å²) in [6.45, 7) is 9.59. The summed E-state index contributed by atoms with van der Waals surface area (Å²) in [6, 6.07) is 4.93. The first-order valence-electron chi connectivity index (χ1n) is 5.83. The van der Waals surface area contributed by atoms with E-state index in [1.807, 2.05) is 0 Å². The molecule has 2 rings (SSSR count). The lowest BCUT2D eigenvalue weighted by Crippen LogP contribution is -2.49. The molecule has 0 amide bonds. The number of rotatable bonds is 1. The molecule has 0 radical (unpaired) electrons. The molecule has 1 fully saturated rings. The second-order valence-corrected chi connectivity index (χ2v) is 5.02. The van der Waals surface area contributed by atoms with E-state index in [0.29, 0.717) is 6.04 Å². The molecule has 1 heterocycles. The lowest BCUT2D eigenvalue weighted by molar-refractivity contribution is 0.501. The summed E-state index contributed by atoms with van der Waals surface area (Å²) in [5.74, 6) is 0. The lowest BCUT2D eigenvalue weighted by atomic mass is 10.1. The highest BCUT2D eigenvalue weighted by molar-refractivity contribution is 6.32. The Morgan fingerprint density at radius 3 is 2.50 bits per heavy atom. The van der Waals surface area contributed by atoms with E-state index in [0.717, 1.165) is 24.7 Å². The van der Waals surface area contributed by atoms with Gasteiger partial charge in [0.15, 0.2) is 0 Å². The Labute approximate surface area is 103 Å². The van der Waals surface area contributed by atoms with Crippen molar-refractivity contribution in [3.63, 3.8) is 0 Å². The molecule has 1 saturated heterocycles. The molecule has 0 aliphatic carbocycles. The third-order valence-corrected chi connectivity index (χ3v) is 3.85. The second-order valence-electron chi connectivity index (χ2n) is 4.64. The van der Waals surface area contributed by atoms with E-state index < -0.39 is 0 Å². The molecule has 1 aliphatic rings. The van der Waals surface area contributed by atoms with Gasteiger partial charge in [-0.2, -0.15) is 0 Å². The molecule has 1 aromatic rings. The van der Waals surface area contributed by atoms with E-state index >= 15 is 0 Å². The average Bonchev–Trinajstić information content (AvgIpc) is 2.26. The van der Waals surface area contributed by atoms with Gasteiger partial charge >= 0.3 is 0 Å². The van der Waals surface area contributed by atoms with Crippen LogP contribution in [0.3, 0.4) is 0 Å².